The lowest BCUT2D eigenvalue weighted by atomic mass is 9.86. The average molecular weight is 385 g/mol. The second kappa shape index (κ2) is 5.06. The van der Waals surface area contributed by atoms with E-state index in [1.807, 2.05) is 6.07 Å². The van der Waals surface area contributed by atoms with Crippen LogP contribution in [0.2, 0.25) is 0 Å². The minimum atomic E-state index is -2.89. The van der Waals surface area contributed by atoms with E-state index in [2.05, 4.69) is 19.8 Å². The van der Waals surface area contributed by atoms with E-state index in [1.165, 1.54) is 12.8 Å². The molecule has 0 radical (unpaired) electrons. The van der Waals surface area contributed by atoms with Gasteiger partial charge in [-0.15, -0.1) is 0 Å². The maximum absolute atomic E-state index is 11.8. The smallest absolute Gasteiger partial charge is 0.228 e. The second-order valence-corrected chi connectivity index (χ2v) is 10.2. The first kappa shape index (κ1) is 15.6. The van der Waals surface area contributed by atoms with E-state index in [9.17, 15) is 8.42 Å². The van der Waals surface area contributed by atoms with Gasteiger partial charge in [-0.3, -0.25) is 0 Å². The normalized spacial score (nSPS) is 32.3. The van der Waals surface area contributed by atoms with Crippen LogP contribution in [0.25, 0.3) is 11.3 Å². The SMILES string of the molecule is Nc1ncc(-c2cc(N3CC4[C@H]3CS4(=O)=O)nc(N3CC4CC3C4)n2)cn1. The van der Waals surface area contributed by atoms with Gasteiger partial charge < -0.3 is 15.5 Å². The van der Waals surface area contributed by atoms with E-state index in [0.717, 1.165) is 35.5 Å². The van der Waals surface area contributed by atoms with E-state index in [1.54, 1.807) is 12.4 Å². The minimum Gasteiger partial charge on any atom is -0.368 e. The van der Waals surface area contributed by atoms with Gasteiger partial charge in [0.1, 0.15) is 11.1 Å². The Morgan fingerprint density at radius 3 is 2.44 bits per heavy atom. The van der Waals surface area contributed by atoms with Crippen LogP contribution in [0.4, 0.5) is 17.7 Å². The molecular weight excluding hydrogens is 366 g/mol. The van der Waals surface area contributed by atoms with Gasteiger partial charge in [0, 0.05) is 43.2 Å². The summed E-state index contributed by atoms with van der Waals surface area (Å²) in [7, 11) is -2.89. The van der Waals surface area contributed by atoms with Crippen molar-refractivity contribution >= 4 is 27.6 Å². The summed E-state index contributed by atoms with van der Waals surface area (Å²) < 4.78 is 23.6. The summed E-state index contributed by atoms with van der Waals surface area (Å²) in [6, 6.07) is 2.47. The Bertz CT molecular complexity index is 1040. The summed E-state index contributed by atoms with van der Waals surface area (Å²) in [4.78, 5) is 22.1. The molecule has 2 N–H and O–H groups in total. The fraction of sp³-hybridized carbons (Fsp3) is 0.529. The van der Waals surface area contributed by atoms with Crippen LogP contribution in [0.3, 0.4) is 0 Å². The minimum absolute atomic E-state index is 0.0421. The topological polar surface area (TPSA) is 118 Å². The van der Waals surface area contributed by atoms with Gasteiger partial charge in [0.2, 0.25) is 11.9 Å². The van der Waals surface area contributed by atoms with Crippen LogP contribution in [0, 0.1) is 5.92 Å². The van der Waals surface area contributed by atoms with Crippen molar-refractivity contribution in [3.05, 3.63) is 18.5 Å². The lowest BCUT2D eigenvalue weighted by Gasteiger charge is -2.54. The zero-order chi connectivity index (χ0) is 18.3. The van der Waals surface area contributed by atoms with Crippen molar-refractivity contribution < 1.29 is 8.42 Å². The Morgan fingerprint density at radius 1 is 1.07 bits per heavy atom. The molecule has 2 aromatic rings. The molecule has 1 unspecified atom stereocenters. The third-order valence-electron chi connectivity index (χ3n) is 6.40. The van der Waals surface area contributed by atoms with E-state index in [-0.39, 0.29) is 23.0 Å². The van der Waals surface area contributed by atoms with E-state index < -0.39 is 9.84 Å². The first-order valence-electron chi connectivity index (χ1n) is 9.20. The second-order valence-electron chi connectivity index (χ2n) is 7.97. The van der Waals surface area contributed by atoms with Crippen LogP contribution in [0.5, 0.6) is 0 Å². The summed E-state index contributed by atoms with van der Waals surface area (Å²) in [5.74, 6) is 2.68. The van der Waals surface area contributed by atoms with Crippen LogP contribution < -0.4 is 15.5 Å². The Kier molecular flexibility index (Phi) is 2.92. The van der Waals surface area contributed by atoms with Crippen LogP contribution >= 0.6 is 0 Å². The Morgan fingerprint density at radius 2 is 1.85 bits per heavy atom. The number of aromatic nitrogens is 4. The number of nitrogen functional groups attached to an aromatic ring is 1. The molecule has 5 aliphatic rings. The molecule has 9 nitrogen and oxygen atoms in total. The quantitative estimate of drug-likeness (QED) is 0.784. The largest absolute Gasteiger partial charge is 0.368 e. The standard InChI is InChI=1S/C17H19N7O2S/c18-16-19-4-10(5-20-16)12-3-15(24-7-14-13(24)8-27(14,25)26)22-17(21-12)23-6-9-1-11(23)2-9/h3-5,9,11,13-14H,1-2,6-8H2,(H2,18,19,20)/t9?,11?,13-,14?/m1/s1. The van der Waals surface area contributed by atoms with E-state index in [4.69, 9.17) is 15.7 Å². The lowest BCUT2D eigenvalue weighted by Crippen LogP contribution is -2.74. The molecule has 4 aliphatic heterocycles. The van der Waals surface area contributed by atoms with Crippen molar-refractivity contribution in [2.24, 2.45) is 5.92 Å². The molecule has 5 fully saturated rings. The molecule has 10 heteroatoms. The van der Waals surface area contributed by atoms with Crippen molar-refractivity contribution in [2.75, 3.05) is 34.4 Å². The van der Waals surface area contributed by atoms with Crippen molar-refractivity contribution in [1.82, 2.24) is 19.9 Å². The van der Waals surface area contributed by atoms with Gasteiger partial charge in [0.15, 0.2) is 9.84 Å². The van der Waals surface area contributed by atoms with Gasteiger partial charge >= 0.3 is 0 Å². The molecule has 2 atom stereocenters. The number of anilines is 3. The number of nitrogens with two attached hydrogens (primary N) is 1. The summed E-state index contributed by atoms with van der Waals surface area (Å²) in [6.07, 6.45) is 5.74. The van der Waals surface area contributed by atoms with E-state index in [0.29, 0.717) is 12.6 Å². The van der Waals surface area contributed by atoms with Crippen LogP contribution in [-0.2, 0) is 9.84 Å². The summed E-state index contributed by atoms with van der Waals surface area (Å²) in [5.41, 5.74) is 7.12. The highest BCUT2D eigenvalue weighted by atomic mass is 32.2. The van der Waals surface area contributed by atoms with Crippen molar-refractivity contribution in [3.8, 4) is 11.3 Å². The predicted molar refractivity (Wildman–Crippen MR) is 100 cm³/mol. The number of hydrogen-bond acceptors (Lipinski definition) is 9. The maximum Gasteiger partial charge on any atom is 0.228 e. The molecule has 7 rings (SSSR count). The molecule has 0 aromatic carbocycles. The summed E-state index contributed by atoms with van der Waals surface area (Å²) in [5, 5.41) is -0.237. The number of fused-ring (bicyclic) bond motifs is 2. The Hall–Kier alpha value is -2.49. The predicted octanol–water partition coefficient (Wildman–Crippen LogP) is 0.100. The molecule has 27 heavy (non-hydrogen) atoms. The number of rotatable bonds is 3. The number of hydrogen-bond donors (Lipinski definition) is 1. The van der Waals surface area contributed by atoms with Gasteiger partial charge in [0.25, 0.3) is 0 Å². The molecular formula is C17H19N7O2S. The van der Waals surface area contributed by atoms with Crippen molar-refractivity contribution in [1.29, 1.82) is 0 Å². The fourth-order valence-electron chi connectivity index (χ4n) is 4.66. The first-order valence-corrected chi connectivity index (χ1v) is 10.9. The monoisotopic (exact) mass is 385 g/mol. The third-order valence-corrected chi connectivity index (χ3v) is 8.59. The highest BCUT2D eigenvalue weighted by Crippen LogP contribution is 2.44. The third kappa shape index (κ3) is 2.19. The molecule has 0 amide bonds. The Labute approximate surface area is 156 Å². The molecule has 140 valence electrons. The van der Waals surface area contributed by atoms with Gasteiger partial charge in [-0.1, -0.05) is 0 Å². The van der Waals surface area contributed by atoms with Crippen molar-refractivity contribution in [3.63, 3.8) is 0 Å². The van der Waals surface area contributed by atoms with Gasteiger partial charge in [-0.05, 0) is 18.8 Å². The molecule has 6 heterocycles. The number of nitrogens with zero attached hydrogens (tertiary/aromatic N) is 6. The highest BCUT2D eigenvalue weighted by molar-refractivity contribution is 7.93. The molecule has 2 aromatic heterocycles. The lowest BCUT2D eigenvalue weighted by molar-refractivity contribution is 0.380. The molecule has 4 saturated heterocycles. The maximum atomic E-state index is 11.8. The average Bonchev–Trinajstić information content (AvgIpc) is 3.20. The van der Waals surface area contributed by atoms with Gasteiger partial charge in [0.05, 0.1) is 17.5 Å². The number of sulfone groups is 1. The van der Waals surface area contributed by atoms with Crippen LogP contribution in [0.15, 0.2) is 18.5 Å². The molecule has 1 aliphatic carbocycles. The van der Waals surface area contributed by atoms with Crippen LogP contribution in [-0.4, -0.2) is 64.5 Å². The fourth-order valence-corrected chi connectivity index (χ4v) is 6.55. The van der Waals surface area contributed by atoms with E-state index >= 15 is 0 Å². The zero-order valence-corrected chi connectivity index (χ0v) is 15.4. The summed E-state index contributed by atoms with van der Waals surface area (Å²) >= 11 is 0. The van der Waals surface area contributed by atoms with Crippen LogP contribution in [0.1, 0.15) is 12.8 Å². The molecule has 1 saturated carbocycles. The summed E-state index contributed by atoms with van der Waals surface area (Å²) in [6.45, 7) is 1.50. The Balaban J connectivity index is 1.40. The molecule has 2 bridgehead atoms. The first-order chi connectivity index (χ1) is 13.0. The van der Waals surface area contributed by atoms with Crippen molar-refractivity contribution in [2.45, 2.75) is 30.2 Å². The zero-order valence-electron chi connectivity index (χ0n) is 14.6. The van der Waals surface area contributed by atoms with Gasteiger partial charge in [-0.2, -0.15) is 4.98 Å². The van der Waals surface area contributed by atoms with Gasteiger partial charge in [-0.25, -0.2) is 23.4 Å². The molecule has 0 spiro atoms. The highest BCUT2D eigenvalue weighted by Gasteiger charge is 2.58.